The van der Waals surface area contributed by atoms with Crippen LogP contribution in [0.25, 0.3) is 11.3 Å². The maximum absolute atomic E-state index is 9.73. The predicted octanol–water partition coefficient (Wildman–Crippen LogP) is 6.10. The van der Waals surface area contributed by atoms with Crippen LogP contribution < -0.4 is 5.32 Å². The largest absolute Gasteiger partial charge is 0.339 e. The summed E-state index contributed by atoms with van der Waals surface area (Å²) in [5, 5.41) is 14.7. The summed E-state index contributed by atoms with van der Waals surface area (Å²) in [6.07, 6.45) is 1.89. The Labute approximate surface area is 166 Å². The number of nitriles is 1. The summed E-state index contributed by atoms with van der Waals surface area (Å²) in [5.74, 6) is 0.441. The highest BCUT2D eigenvalue weighted by Gasteiger charge is 2.16. The van der Waals surface area contributed by atoms with Gasteiger partial charge in [0, 0.05) is 21.3 Å². The zero-order valence-corrected chi connectivity index (χ0v) is 16.4. The van der Waals surface area contributed by atoms with Gasteiger partial charge in [-0.25, -0.2) is 9.97 Å². The van der Waals surface area contributed by atoms with Crippen molar-refractivity contribution in [1.29, 1.82) is 5.26 Å². The summed E-state index contributed by atoms with van der Waals surface area (Å²) in [5.41, 5.74) is 3.46. The molecule has 0 atom stereocenters. The van der Waals surface area contributed by atoms with Crippen molar-refractivity contribution in [3.63, 3.8) is 0 Å². The van der Waals surface area contributed by atoms with E-state index >= 15 is 0 Å². The van der Waals surface area contributed by atoms with Crippen LogP contribution in [0.15, 0.2) is 47.6 Å². The van der Waals surface area contributed by atoms with Crippen LogP contribution in [0.2, 0.25) is 10.0 Å². The van der Waals surface area contributed by atoms with E-state index in [1.807, 2.05) is 37.4 Å². The Morgan fingerprint density at radius 3 is 2.42 bits per heavy atom. The fourth-order valence-corrected chi connectivity index (χ4v) is 3.02. The van der Waals surface area contributed by atoms with Gasteiger partial charge >= 0.3 is 0 Å². The molecule has 3 aromatic rings. The summed E-state index contributed by atoms with van der Waals surface area (Å²) in [7, 11) is 0. The third-order valence-electron chi connectivity index (χ3n) is 3.74. The Morgan fingerprint density at radius 1 is 1.08 bits per heavy atom. The van der Waals surface area contributed by atoms with Gasteiger partial charge < -0.3 is 5.32 Å². The third-order valence-corrected chi connectivity index (χ3v) is 4.94. The molecule has 130 valence electrons. The molecule has 0 aliphatic heterocycles. The van der Waals surface area contributed by atoms with E-state index in [0.717, 1.165) is 16.8 Å². The van der Waals surface area contributed by atoms with E-state index in [9.17, 15) is 5.26 Å². The minimum absolute atomic E-state index is 0.363. The molecule has 0 aliphatic carbocycles. The van der Waals surface area contributed by atoms with E-state index in [2.05, 4.69) is 21.4 Å². The fourth-order valence-electron chi connectivity index (χ4n) is 2.35. The standard InChI is InChI=1S/C19H14Cl2N4S/c1-11-3-8-14(9-16(11)21)23-18-15(10-22)17(24-19(25-18)26-2)12-4-6-13(20)7-5-12/h3-9H,1-2H3,(H,23,24,25). The molecule has 0 fully saturated rings. The number of aryl methyl sites for hydroxylation is 1. The number of rotatable bonds is 4. The van der Waals surface area contributed by atoms with Gasteiger partial charge in [-0.2, -0.15) is 5.26 Å². The van der Waals surface area contributed by atoms with Gasteiger partial charge in [0.1, 0.15) is 11.6 Å². The summed E-state index contributed by atoms with van der Waals surface area (Å²) >= 11 is 13.6. The first-order chi connectivity index (χ1) is 12.5. The second kappa shape index (κ2) is 7.96. The number of halogens is 2. The van der Waals surface area contributed by atoms with Crippen molar-refractivity contribution in [3.8, 4) is 17.3 Å². The summed E-state index contributed by atoms with van der Waals surface area (Å²) in [4.78, 5) is 8.98. The average molecular weight is 401 g/mol. The highest BCUT2D eigenvalue weighted by Crippen LogP contribution is 2.31. The van der Waals surface area contributed by atoms with Crippen LogP contribution in [0.1, 0.15) is 11.1 Å². The summed E-state index contributed by atoms with van der Waals surface area (Å²) in [6, 6.07) is 15.0. The van der Waals surface area contributed by atoms with Gasteiger partial charge in [0.2, 0.25) is 0 Å². The van der Waals surface area contributed by atoms with E-state index < -0.39 is 0 Å². The lowest BCUT2D eigenvalue weighted by Crippen LogP contribution is -2.03. The van der Waals surface area contributed by atoms with Crippen molar-refractivity contribution < 1.29 is 0 Å². The Morgan fingerprint density at radius 2 is 1.81 bits per heavy atom. The van der Waals surface area contributed by atoms with Crippen molar-refractivity contribution in [2.24, 2.45) is 0 Å². The van der Waals surface area contributed by atoms with E-state index in [4.69, 9.17) is 23.2 Å². The number of hydrogen-bond acceptors (Lipinski definition) is 5. The van der Waals surface area contributed by atoms with E-state index in [1.165, 1.54) is 11.8 Å². The molecule has 0 radical (unpaired) electrons. The Hall–Kier alpha value is -2.26. The molecule has 1 aromatic heterocycles. The molecule has 0 saturated carbocycles. The molecule has 26 heavy (non-hydrogen) atoms. The molecule has 0 saturated heterocycles. The quantitative estimate of drug-likeness (QED) is 0.423. The molecular formula is C19H14Cl2N4S. The summed E-state index contributed by atoms with van der Waals surface area (Å²) < 4.78 is 0. The molecular weight excluding hydrogens is 387 g/mol. The number of nitrogens with zero attached hydrogens (tertiary/aromatic N) is 3. The van der Waals surface area contributed by atoms with E-state index in [0.29, 0.717) is 32.3 Å². The van der Waals surface area contributed by atoms with Gasteiger partial charge in [-0.3, -0.25) is 0 Å². The molecule has 0 amide bonds. The van der Waals surface area contributed by atoms with Gasteiger partial charge in [0.15, 0.2) is 11.0 Å². The lowest BCUT2D eigenvalue weighted by molar-refractivity contribution is 0.975. The van der Waals surface area contributed by atoms with Gasteiger partial charge in [-0.05, 0) is 43.0 Å². The Balaban J connectivity index is 2.12. The first-order valence-corrected chi connectivity index (χ1v) is 9.65. The molecule has 1 heterocycles. The normalized spacial score (nSPS) is 10.4. The van der Waals surface area contributed by atoms with Crippen molar-refractivity contribution in [3.05, 3.63) is 63.6 Å². The number of thioether (sulfide) groups is 1. The molecule has 4 nitrogen and oxygen atoms in total. The first-order valence-electron chi connectivity index (χ1n) is 7.67. The molecule has 0 bridgehead atoms. The van der Waals surface area contributed by atoms with Gasteiger partial charge in [-0.15, -0.1) is 0 Å². The lowest BCUT2D eigenvalue weighted by Gasteiger charge is -2.13. The minimum atomic E-state index is 0.363. The SMILES string of the molecule is CSc1nc(Nc2ccc(C)c(Cl)c2)c(C#N)c(-c2ccc(Cl)cc2)n1. The molecule has 2 aromatic carbocycles. The molecule has 7 heteroatoms. The third kappa shape index (κ3) is 3.94. The number of benzene rings is 2. The van der Waals surface area contributed by atoms with Crippen molar-refractivity contribution in [2.45, 2.75) is 12.1 Å². The number of aromatic nitrogens is 2. The predicted molar refractivity (Wildman–Crippen MR) is 108 cm³/mol. The average Bonchev–Trinajstić information content (AvgIpc) is 2.64. The number of nitrogens with one attached hydrogen (secondary N) is 1. The van der Waals surface area contributed by atoms with Crippen molar-refractivity contribution in [1.82, 2.24) is 9.97 Å². The van der Waals surface area contributed by atoms with Crippen molar-refractivity contribution in [2.75, 3.05) is 11.6 Å². The van der Waals surface area contributed by atoms with Crippen LogP contribution in [0.5, 0.6) is 0 Å². The lowest BCUT2D eigenvalue weighted by atomic mass is 10.1. The maximum atomic E-state index is 9.73. The molecule has 0 unspecified atom stereocenters. The van der Waals surface area contributed by atoms with E-state index in [1.54, 1.807) is 18.2 Å². The molecule has 1 N–H and O–H groups in total. The second-order valence-electron chi connectivity index (χ2n) is 5.49. The Bertz CT molecular complexity index is 998. The fraction of sp³-hybridized carbons (Fsp3) is 0.105. The highest BCUT2D eigenvalue weighted by molar-refractivity contribution is 7.98. The minimum Gasteiger partial charge on any atom is -0.339 e. The molecule has 0 aliphatic rings. The van der Waals surface area contributed by atoms with Crippen LogP contribution in [0.3, 0.4) is 0 Å². The van der Waals surface area contributed by atoms with Crippen LogP contribution in [-0.4, -0.2) is 16.2 Å². The number of hydrogen-bond donors (Lipinski definition) is 1. The zero-order valence-electron chi connectivity index (χ0n) is 14.0. The van der Waals surface area contributed by atoms with Gasteiger partial charge in [-0.1, -0.05) is 53.2 Å². The van der Waals surface area contributed by atoms with Gasteiger partial charge in [0.25, 0.3) is 0 Å². The van der Waals surface area contributed by atoms with Crippen LogP contribution in [-0.2, 0) is 0 Å². The highest BCUT2D eigenvalue weighted by atomic mass is 35.5. The van der Waals surface area contributed by atoms with Gasteiger partial charge in [0.05, 0.1) is 5.69 Å². The monoisotopic (exact) mass is 400 g/mol. The zero-order chi connectivity index (χ0) is 18.7. The molecule has 0 spiro atoms. The smallest absolute Gasteiger partial charge is 0.189 e. The van der Waals surface area contributed by atoms with Crippen LogP contribution in [0, 0.1) is 18.3 Å². The van der Waals surface area contributed by atoms with Crippen LogP contribution in [0.4, 0.5) is 11.5 Å². The second-order valence-corrected chi connectivity index (χ2v) is 7.11. The summed E-state index contributed by atoms with van der Waals surface area (Å²) in [6.45, 7) is 1.93. The first kappa shape index (κ1) is 18.5. The van der Waals surface area contributed by atoms with E-state index in [-0.39, 0.29) is 0 Å². The van der Waals surface area contributed by atoms with Crippen molar-refractivity contribution >= 4 is 46.5 Å². The molecule has 3 rings (SSSR count). The number of anilines is 2. The maximum Gasteiger partial charge on any atom is 0.189 e. The van der Waals surface area contributed by atoms with Crippen LogP contribution >= 0.6 is 35.0 Å². The topological polar surface area (TPSA) is 61.6 Å². The Kier molecular flexibility index (Phi) is 5.67.